The molecule has 1 aromatic carbocycles. The molecule has 1 aliphatic rings. The Hall–Kier alpha value is -2.02. The number of carbonyl (C=O) groups is 2. The van der Waals surface area contributed by atoms with E-state index >= 15 is 0 Å². The molecule has 0 bridgehead atoms. The zero-order valence-electron chi connectivity index (χ0n) is 10.9. The second-order valence-electron chi connectivity index (χ2n) is 4.30. The predicted octanol–water partition coefficient (Wildman–Crippen LogP) is 0.552. The first-order valence-electron chi connectivity index (χ1n) is 6.10. The van der Waals surface area contributed by atoms with Crippen molar-refractivity contribution in [1.82, 2.24) is 10.2 Å². The topological polar surface area (TPSA) is 58.6 Å². The fourth-order valence-electron chi connectivity index (χ4n) is 2.05. The van der Waals surface area contributed by atoms with Gasteiger partial charge in [-0.2, -0.15) is 0 Å². The van der Waals surface area contributed by atoms with E-state index in [1.54, 1.807) is 0 Å². The molecule has 1 heterocycles. The SMILES string of the molecule is CNC(=O)C1COCCN1C(=O)c1cccc(F)c1F. The number of hydrogen-bond donors (Lipinski definition) is 1. The van der Waals surface area contributed by atoms with Crippen molar-refractivity contribution in [3.63, 3.8) is 0 Å². The number of halogens is 2. The maximum atomic E-state index is 13.7. The standard InChI is InChI=1S/C13H14F2N2O3/c1-16-12(18)10-7-20-6-5-17(10)13(19)8-3-2-4-9(14)11(8)15/h2-4,10H,5-7H2,1H3,(H,16,18). The van der Waals surface area contributed by atoms with Gasteiger partial charge in [0.1, 0.15) is 6.04 Å². The molecule has 1 fully saturated rings. The van der Waals surface area contributed by atoms with Crippen molar-refractivity contribution < 1.29 is 23.1 Å². The van der Waals surface area contributed by atoms with Crippen molar-refractivity contribution >= 4 is 11.8 Å². The molecular formula is C13H14F2N2O3. The minimum absolute atomic E-state index is 0.0301. The number of ether oxygens (including phenoxy) is 1. The molecule has 1 aromatic rings. The average Bonchev–Trinajstić information content (AvgIpc) is 2.48. The summed E-state index contributed by atoms with van der Waals surface area (Å²) in [7, 11) is 1.43. The quantitative estimate of drug-likeness (QED) is 0.863. The summed E-state index contributed by atoms with van der Waals surface area (Å²) in [6.07, 6.45) is 0. The third-order valence-corrected chi connectivity index (χ3v) is 3.12. The highest BCUT2D eigenvalue weighted by Gasteiger charge is 2.34. The molecule has 2 amide bonds. The van der Waals surface area contributed by atoms with E-state index in [1.807, 2.05) is 0 Å². The van der Waals surface area contributed by atoms with Crippen molar-refractivity contribution in [2.45, 2.75) is 6.04 Å². The maximum Gasteiger partial charge on any atom is 0.257 e. The fraction of sp³-hybridized carbons (Fsp3) is 0.385. The van der Waals surface area contributed by atoms with E-state index in [9.17, 15) is 18.4 Å². The molecule has 1 N–H and O–H groups in total. The average molecular weight is 284 g/mol. The van der Waals surface area contributed by atoms with Crippen molar-refractivity contribution in [2.75, 3.05) is 26.8 Å². The lowest BCUT2D eigenvalue weighted by molar-refractivity contribution is -0.130. The first-order valence-corrected chi connectivity index (χ1v) is 6.10. The zero-order chi connectivity index (χ0) is 14.7. The van der Waals surface area contributed by atoms with Gasteiger partial charge >= 0.3 is 0 Å². The van der Waals surface area contributed by atoms with Gasteiger partial charge in [-0.15, -0.1) is 0 Å². The van der Waals surface area contributed by atoms with Gasteiger partial charge in [0.05, 0.1) is 18.8 Å². The summed E-state index contributed by atoms with van der Waals surface area (Å²) in [6, 6.07) is 2.53. The minimum atomic E-state index is -1.21. The van der Waals surface area contributed by atoms with Crippen molar-refractivity contribution in [2.24, 2.45) is 0 Å². The van der Waals surface area contributed by atoms with Gasteiger partial charge in [-0.3, -0.25) is 9.59 Å². The largest absolute Gasteiger partial charge is 0.377 e. The van der Waals surface area contributed by atoms with E-state index in [0.29, 0.717) is 0 Å². The molecule has 1 aliphatic heterocycles. The Morgan fingerprint density at radius 3 is 2.85 bits per heavy atom. The highest BCUT2D eigenvalue weighted by Crippen LogP contribution is 2.17. The van der Waals surface area contributed by atoms with Gasteiger partial charge in [0.25, 0.3) is 5.91 Å². The van der Waals surface area contributed by atoms with Crippen LogP contribution in [0.15, 0.2) is 18.2 Å². The van der Waals surface area contributed by atoms with E-state index in [0.717, 1.165) is 6.07 Å². The number of likely N-dealkylation sites (N-methyl/N-ethyl adjacent to an activating group) is 1. The Bertz CT molecular complexity index is 536. The Kier molecular flexibility index (Phi) is 4.29. The second kappa shape index (κ2) is 5.96. The first kappa shape index (κ1) is 14.4. The highest BCUT2D eigenvalue weighted by molar-refractivity contribution is 5.98. The van der Waals surface area contributed by atoms with Gasteiger partial charge in [-0.05, 0) is 12.1 Å². The van der Waals surface area contributed by atoms with Crippen molar-refractivity contribution in [1.29, 1.82) is 0 Å². The zero-order valence-corrected chi connectivity index (χ0v) is 10.9. The van der Waals surface area contributed by atoms with E-state index in [1.165, 1.54) is 24.1 Å². The molecule has 1 atom stereocenters. The van der Waals surface area contributed by atoms with Gasteiger partial charge < -0.3 is 15.0 Å². The maximum absolute atomic E-state index is 13.7. The molecule has 0 saturated carbocycles. The minimum Gasteiger partial charge on any atom is -0.377 e. The van der Waals surface area contributed by atoms with Crippen LogP contribution in [0.1, 0.15) is 10.4 Å². The third-order valence-electron chi connectivity index (χ3n) is 3.12. The molecule has 0 radical (unpaired) electrons. The number of carbonyl (C=O) groups excluding carboxylic acids is 2. The van der Waals surface area contributed by atoms with Crippen molar-refractivity contribution in [3.8, 4) is 0 Å². The van der Waals surface area contributed by atoms with Crippen LogP contribution in [0.25, 0.3) is 0 Å². The van der Waals surface area contributed by atoms with Crippen LogP contribution in [0, 0.1) is 11.6 Å². The number of hydrogen-bond acceptors (Lipinski definition) is 3. The van der Waals surface area contributed by atoms with Crippen LogP contribution in [0.2, 0.25) is 0 Å². The van der Waals surface area contributed by atoms with Crippen LogP contribution < -0.4 is 5.32 Å². The molecule has 0 aliphatic carbocycles. The summed E-state index contributed by atoms with van der Waals surface area (Å²) < 4.78 is 32.0. The predicted molar refractivity (Wildman–Crippen MR) is 66.1 cm³/mol. The summed E-state index contributed by atoms with van der Waals surface area (Å²) in [5.41, 5.74) is -0.388. The first-order chi connectivity index (χ1) is 9.56. The fourth-order valence-corrected chi connectivity index (χ4v) is 2.05. The normalized spacial score (nSPS) is 18.8. The lowest BCUT2D eigenvalue weighted by Gasteiger charge is -2.34. The lowest BCUT2D eigenvalue weighted by Crippen LogP contribution is -2.55. The smallest absolute Gasteiger partial charge is 0.257 e. The number of benzene rings is 1. The van der Waals surface area contributed by atoms with E-state index in [2.05, 4.69) is 5.32 Å². The van der Waals surface area contributed by atoms with Gasteiger partial charge in [0.15, 0.2) is 11.6 Å². The number of nitrogens with one attached hydrogen (secondary N) is 1. The third kappa shape index (κ3) is 2.62. The highest BCUT2D eigenvalue weighted by atomic mass is 19.2. The van der Waals surface area contributed by atoms with Crippen molar-refractivity contribution in [3.05, 3.63) is 35.4 Å². The molecule has 0 spiro atoms. The van der Waals surface area contributed by atoms with Crippen LogP contribution in [0.5, 0.6) is 0 Å². The Morgan fingerprint density at radius 1 is 1.40 bits per heavy atom. The summed E-state index contributed by atoms with van der Waals surface area (Å²) in [5, 5.41) is 2.42. The number of rotatable bonds is 2. The molecule has 7 heteroatoms. The van der Waals surface area contributed by atoms with Gasteiger partial charge in [0.2, 0.25) is 5.91 Å². The molecule has 2 rings (SSSR count). The van der Waals surface area contributed by atoms with Gasteiger partial charge in [0, 0.05) is 13.6 Å². The summed E-state index contributed by atoms with van der Waals surface area (Å²) in [4.78, 5) is 25.2. The molecule has 0 aromatic heterocycles. The number of morpholine rings is 1. The van der Waals surface area contributed by atoms with Crippen LogP contribution >= 0.6 is 0 Å². The van der Waals surface area contributed by atoms with Crippen LogP contribution in [-0.4, -0.2) is 49.6 Å². The van der Waals surface area contributed by atoms with E-state index in [4.69, 9.17) is 4.74 Å². The van der Waals surface area contributed by atoms with Gasteiger partial charge in [-0.25, -0.2) is 8.78 Å². The van der Waals surface area contributed by atoms with Crippen LogP contribution in [0.3, 0.4) is 0 Å². The Morgan fingerprint density at radius 2 is 2.15 bits per heavy atom. The molecular weight excluding hydrogens is 270 g/mol. The summed E-state index contributed by atoms with van der Waals surface area (Å²) in [5.74, 6) is -3.44. The molecule has 108 valence electrons. The molecule has 20 heavy (non-hydrogen) atoms. The Balaban J connectivity index is 2.30. The van der Waals surface area contributed by atoms with Gasteiger partial charge in [-0.1, -0.05) is 6.07 Å². The number of amides is 2. The summed E-state index contributed by atoms with van der Waals surface area (Å²) in [6.45, 7) is 0.422. The lowest BCUT2D eigenvalue weighted by atomic mass is 10.1. The Labute approximate surface area is 114 Å². The summed E-state index contributed by atoms with van der Waals surface area (Å²) >= 11 is 0. The molecule has 1 saturated heterocycles. The molecule has 5 nitrogen and oxygen atoms in total. The van der Waals surface area contributed by atoms with Crippen LogP contribution in [0.4, 0.5) is 8.78 Å². The van der Waals surface area contributed by atoms with Crippen LogP contribution in [-0.2, 0) is 9.53 Å². The molecule has 1 unspecified atom stereocenters. The van der Waals surface area contributed by atoms with E-state index < -0.39 is 29.5 Å². The monoisotopic (exact) mass is 284 g/mol. The van der Waals surface area contributed by atoms with E-state index in [-0.39, 0.29) is 25.3 Å². The number of nitrogens with zero attached hydrogens (tertiary/aromatic N) is 1. The second-order valence-corrected chi connectivity index (χ2v) is 4.30.